The third-order valence-electron chi connectivity index (χ3n) is 4.47. The molecule has 1 aliphatic rings. The molecule has 0 bridgehead atoms. The summed E-state index contributed by atoms with van der Waals surface area (Å²) in [6.45, 7) is 8.79. The summed E-state index contributed by atoms with van der Waals surface area (Å²) >= 11 is 0. The molecule has 1 heterocycles. The second-order valence-electron chi connectivity index (χ2n) is 6.71. The number of hydrogen-bond donors (Lipinski definition) is 2. The quantitative estimate of drug-likeness (QED) is 0.379. The molecule has 2 rings (SSSR count). The third kappa shape index (κ3) is 3.83. The predicted octanol–water partition coefficient (Wildman–Crippen LogP) is 2.73. The predicted molar refractivity (Wildman–Crippen MR) is 93.8 cm³/mol. The van der Waals surface area contributed by atoms with Crippen molar-refractivity contribution in [2.75, 3.05) is 13.6 Å². The molecule has 0 spiro atoms. The van der Waals surface area contributed by atoms with Gasteiger partial charge >= 0.3 is 7.12 Å². The van der Waals surface area contributed by atoms with Gasteiger partial charge in [-0.3, -0.25) is 0 Å². The Morgan fingerprint density at radius 3 is 2.26 bits per heavy atom. The minimum absolute atomic E-state index is 0.378. The molecule has 2 N–H and O–H groups in total. The SMILES string of the molecule is CNCC(=Cc1ccccc1C=NO)B1OC(C)(C)C(C)(C)O1. The molecule has 1 aromatic carbocycles. The van der Waals surface area contributed by atoms with Gasteiger partial charge in [0, 0.05) is 12.1 Å². The van der Waals surface area contributed by atoms with Crippen LogP contribution in [0.5, 0.6) is 0 Å². The van der Waals surface area contributed by atoms with Crippen LogP contribution in [0.25, 0.3) is 6.08 Å². The van der Waals surface area contributed by atoms with Crippen LogP contribution in [0.1, 0.15) is 38.8 Å². The van der Waals surface area contributed by atoms with Crippen molar-refractivity contribution in [3.8, 4) is 0 Å². The molecule has 0 radical (unpaired) electrons. The van der Waals surface area contributed by atoms with E-state index < -0.39 is 7.12 Å². The highest BCUT2D eigenvalue weighted by atomic mass is 16.7. The van der Waals surface area contributed by atoms with E-state index in [1.54, 1.807) is 0 Å². The van der Waals surface area contributed by atoms with E-state index in [-0.39, 0.29) is 11.2 Å². The van der Waals surface area contributed by atoms with E-state index in [4.69, 9.17) is 14.5 Å². The average Bonchev–Trinajstić information content (AvgIpc) is 2.69. The van der Waals surface area contributed by atoms with Crippen molar-refractivity contribution in [3.63, 3.8) is 0 Å². The van der Waals surface area contributed by atoms with Gasteiger partial charge in [-0.1, -0.05) is 35.5 Å². The molecule has 6 heteroatoms. The summed E-state index contributed by atoms with van der Waals surface area (Å²) in [6.07, 6.45) is 3.45. The topological polar surface area (TPSA) is 63.1 Å². The van der Waals surface area contributed by atoms with Crippen molar-refractivity contribution in [1.82, 2.24) is 5.32 Å². The van der Waals surface area contributed by atoms with Crippen molar-refractivity contribution in [3.05, 3.63) is 40.9 Å². The Morgan fingerprint density at radius 2 is 1.74 bits per heavy atom. The first kappa shape index (κ1) is 17.7. The van der Waals surface area contributed by atoms with Crippen LogP contribution in [0.3, 0.4) is 0 Å². The lowest BCUT2D eigenvalue weighted by atomic mass is 9.76. The standard InChI is InChI=1S/C17H25BN2O3/c1-16(2)17(3,4)23-18(22-16)15(12-19-5)10-13-8-6-7-9-14(13)11-20-21/h6-11,19,21H,12H2,1-5H3. The monoisotopic (exact) mass is 316 g/mol. The molecule has 0 saturated carbocycles. The highest BCUT2D eigenvalue weighted by Gasteiger charge is 2.52. The molecule has 1 aliphatic heterocycles. The van der Waals surface area contributed by atoms with Gasteiger partial charge in [-0.2, -0.15) is 0 Å². The lowest BCUT2D eigenvalue weighted by Crippen LogP contribution is -2.41. The smallest absolute Gasteiger partial charge is 0.411 e. The van der Waals surface area contributed by atoms with E-state index in [0.29, 0.717) is 6.54 Å². The van der Waals surface area contributed by atoms with Gasteiger partial charge in [-0.05, 0) is 45.8 Å². The van der Waals surface area contributed by atoms with Crippen LogP contribution < -0.4 is 5.32 Å². The fourth-order valence-corrected chi connectivity index (χ4v) is 2.42. The van der Waals surface area contributed by atoms with E-state index in [1.165, 1.54) is 6.21 Å². The molecular weight excluding hydrogens is 291 g/mol. The molecule has 5 nitrogen and oxygen atoms in total. The van der Waals surface area contributed by atoms with Gasteiger partial charge in [-0.25, -0.2) is 0 Å². The van der Waals surface area contributed by atoms with Crippen LogP contribution in [-0.4, -0.2) is 43.3 Å². The average molecular weight is 316 g/mol. The Morgan fingerprint density at radius 1 is 1.17 bits per heavy atom. The molecule has 0 aliphatic carbocycles. The molecule has 1 saturated heterocycles. The number of nitrogens with one attached hydrogen (secondary N) is 1. The number of oxime groups is 1. The molecule has 0 aromatic heterocycles. The Bertz CT molecular complexity index is 596. The zero-order valence-corrected chi connectivity index (χ0v) is 14.5. The number of likely N-dealkylation sites (N-methyl/N-ethyl adjacent to an activating group) is 1. The Balaban J connectivity index is 2.37. The van der Waals surface area contributed by atoms with Crippen LogP contribution in [0, 0.1) is 0 Å². The van der Waals surface area contributed by atoms with Gasteiger partial charge in [0.1, 0.15) is 0 Å². The summed E-state index contributed by atoms with van der Waals surface area (Å²) in [7, 11) is 1.48. The molecular formula is C17H25BN2O3. The van der Waals surface area contributed by atoms with Crippen LogP contribution in [0.4, 0.5) is 0 Å². The number of rotatable bonds is 5. The second-order valence-corrected chi connectivity index (χ2v) is 6.71. The minimum Gasteiger partial charge on any atom is -0.411 e. The van der Waals surface area contributed by atoms with Gasteiger partial charge in [0.25, 0.3) is 0 Å². The fraction of sp³-hybridized carbons (Fsp3) is 0.471. The molecule has 1 fully saturated rings. The number of benzene rings is 1. The first-order chi connectivity index (χ1) is 10.8. The van der Waals surface area contributed by atoms with Gasteiger partial charge < -0.3 is 19.8 Å². The highest BCUT2D eigenvalue weighted by Crippen LogP contribution is 2.38. The number of hydrogen-bond acceptors (Lipinski definition) is 5. The summed E-state index contributed by atoms with van der Waals surface area (Å²) in [5.74, 6) is 0. The maximum Gasteiger partial charge on any atom is 0.491 e. The molecule has 0 atom stereocenters. The third-order valence-corrected chi connectivity index (χ3v) is 4.47. The maximum absolute atomic E-state index is 8.82. The summed E-state index contributed by atoms with van der Waals surface area (Å²) < 4.78 is 12.3. The first-order valence-electron chi connectivity index (χ1n) is 7.78. The molecule has 124 valence electrons. The lowest BCUT2D eigenvalue weighted by molar-refractivity contribution is 0.00578. The molecule has 0 amide bonds. The Labute approximate surface area is 138 Å². The highest BCUT2D eigenvalue weighted by molar-refractivity contribution is 6.56. The summed E-state index contributed by atoms with van der Waals surface area (Å²) in [4.78, 5) is 0. The van der Waals surface area contributed by atoms with Crippen LogP contribution >= 0.6 is 0 Å². The van der Waals surface area contributed by atoms with Gasteiger partial charge in [0.15, 0.2) is 0 Å². The Hall–Kier alpha value is -1.63. The Kier molecular flexibility index (Phi) is 5.29. The van der Waals surface area contributed by atoms with Gasteiger partial charge in [0.05, 0.1) is 17.4 Å². The van der Waals surface area contributed by atoms with E-state index in [2.05, 4.69) is 10.5 Å². The van der Waals surface area contributed by atoms with Gasteiger partial charge in [0.2, 0.25) is 0 Å². The van der Waals surface area contributed by atoms with Crippen molar-refractivity contribution in [2.45, 2.75) is 38.9 Å². The van der Waals surface area contributed by atoms with E-state index >= 15 is 0 Å². The van der Waals surface area contributed by atoms with Crippen LogP contribution in [-0.2, 0) is 9.31 Å². The normalized spacial score (nSPS) is 20.4. The summed E-state index contributed by atoms with van der Waals surface area (Å²) in [6, 6.07) is 7.72. The van der Waals surface area contributed by atoms with Crippen molar-refractivity contribution < 1.29 is 14.5 Å². The van der Waals surface area contributed by atoms with Crippen molar-refractivity contribution >= 4 is 19.4 Å². The zero-order chi connectivity index (χ0) is 17.1. The zero-order valence-electron chi connectivity index (χ0n) is 14.5. The molecule has 23 heavy (non-hydrogen) atoms. The lowest BCUT2D eigenvalue weighted by Gasteiger charge is -2.32. The van der Waals surface area contributed by atoms with Gasteiger partial charge in [-0.15, -0.1) is 0 Å². The van der Waals surface area contributed by atoms with E-state index in [9.17, 15) is 0 Å². The minimum atomic E-state index is -0.411. The maximum atomic E-state index is 8.82. The number of nitrogens with zero attached hydrogens (tertiary/aromatic N) is 1. The summed E-state index contributed by atoms with van der Waals surface area (Å²) in [5.41, 5.74) is 2.02. The van der Waals surface area contributed by atoms with Crippen LogP contribution in [0.2, 0.25) is 0 Å². The largest absolute Gasteiger partial charge is 0.491 e. The summed E-state index contributed by atoms with van der Waals surface area (Å²) in [5, 5.41) is 15.1. The molecule has 1 aromatic rings. The van der Waals surface area contributed by atoms with Crippen LogP contribution in [0.15, 0.2) is 34.9 Å². The van der Waals surface area contributed by atoms with E-state index in [1.807, 2.05) is 65.1 Å². The fourth-order valence-electron chi connectivity index (χ4n) is 2.42. The molecule has 0 unspecified atom stereocenters. The van der Waals surface area contributed by atoms with E-state index in [0.717, 1.165) is 16.6 Å². The first-order valence-corrected chi connectivity index (χ1v) is 7.78. The van der Waals surface area contributed by atoms with Crippen molar-refractivity contribution in [1.29, 1.82) is 0 Å². The van der Waals surface area contributed by atoms with Crippen molar-refractivity contribution in [2.24, 2.45) is 5.16 Å². The second kappa shape index (κ2) is 6.87.